The van der Waals surface area contributed by atoms with E-state index in [4.69, 9.17) is 9.47 Å². The summed E-state index contributed by atoms with van der Waals surface area (Å²) in [7, 11) is 1.64. The Balaban J connectivity index is 2.19. The number of aromatic nitrogens is 2. The van der Waals surface area contributed by atoms with Crippen LogP contribution in [0, 0.1) is 6.92 Å². The average Bonchev–Trinajstić information content (AvgIpc) is 2.72. The van der Waals surface area contributed by atoms with Crippen LogP contribution in [0.3, 0.4) is 0 Å². The summed E-state index contributed by atoms with van der Waals surface area (Å²) < 4.78 is 14.0. The van der Waals surface area contributed by atoms with Gasteiger partial charge in [-0.3, -0.25) is 4.68 Å². The minimum absolute atomic E-state index is 0.454. The quantitative estimate of drug-likeness (QED) is 0.843. The zero-order valence-electron chi connectivity index (χ0n) is 11.3. The van der Waals surface area contributed by atoms with Gasteiger partial charge < -0.3 is 9.47 Å². The molecule has 102 valence electrons. The lowest BCUT2D eigenvalue weighted by atomic mass is 10.3. The Bertz CT molecular complexity index is 567. The summed E-state index contributed by atoms with van der Waals surface area (Å²) in [6.07, 6.45) is 0. The summed E-state index contributed by atoms with van der Waals surface area (Å²) in [6, 6.07) is 7.62. The monoisotopic (exact) mass is 324 g/mol. The summed E-state index contributed by atoms with van der Waals surface area (Å²) in [6.45, 7) is 5.31. The standard InChI is InChI=1S/C14H17BrN2O2/c1-4-17-11(14(15)10(2)16-17)9-19-13-8-6-5-7-12(13)18-3/h5-8H,4,9H2,1-3H3. The van der Waals surface area contributed by atoms with Crippen molar-refractivity contribution < 1.29 is 9.47 Å². The van der Waals surface area contributed by atoms with Gasteiger partial charge in [0.15, 0.2) is 11.5 Å². The minimum atomic E-state index is 0.454. The number of hydrogen-bond acceptors (Lipinski definition) is 3. The van der Waals surface area contributed by atoms with Crippen molar-refractivity contribution in [2.75, 3.05) is 7.11 Å². The lowest BCUT2D eigenvalue weighted by molar-refractivity contribution is 0.273. The maximum Gasteiger partial charge on any atom is 0.161 e. The number of hydrogen-bond donors (Lipinski definition) is 0. The van der Waals surface area contributed by atoms with E-state index in [-0.39, 0.29) is 0 Å². The lowest BCUT2D eigenvalue weighted by Crippen LogP contribution is -2.07. The second-order valence-electron chi connectivity index (χ2n) is 4.10. The van der Waals surface area contributed by atoms with E-state index in [9.17, 15) is 0 Å². The van der Waals surface area contributed by atoms with E-state index in [1.165, 1.54) is 0 Å². The van der Waals surface area contributed by atoms with Crippen LogP contribution in [-0.4, -0.2) is 16.9 Å². The highest BCUT2D eigenvalue weighted by atomic mass is 79.9. The van der Waals surface area contributed by atoms with Crippen molar-refractivity contribution in [1.29, 1.82) is 0 Å². The number of rotatable bonds is 5. The molecule has 0 saturated heterocycles. The van der Waals surface area contributed by atoms with Crippen LogP contribution in [0.2, 0.25) is 0 Å². The van der Waals surface area contributed by atoms with Crippen LogP contribution < -0.4 is 9.47 Å². The molecule has 19 heavy (non-hydrogen) atoms. The Morgan fingerprint density at radius 2 is 1.95 bits per heavy atom. The van der Waals surface area contributed by atoms with Crippen LogP contribution >= 0.6 is 15.9 Å². The molecule has 2 aromatic rings. The van der Waals surface area contributed by atoms with Gasteiger partial charge in [-0.25, -0.2) is 0 Å². The first-order chi connectivity index (χ1) is 9.17. The number of para-hydroxylation sites is 2. The largest absolute Gasteiger partial charge is 0.493 e. The van der Waals surface area contributed by atoms with Crippen molar-refractivity contribution in [3.05, 3.63) is 40.1 Å². The van der Waals surface area contributed by atoms with Crippen molar-refractivity contribution >= 4 is 15.9 Å². The van der Waals surface area contributed by atoms with Gasteiger partial charge in [-0.15, -0.1) is 0 Å². The van der Waals surface area contributed by atoms with Gasteiger partial charge in [0.1, 0.15) is 6.61 Å². The predicted molar refractivity (Wildman–Crippen MR) is 77.7 cm³/mol. The molecule has 0 unspecified atom stereocenters. The highest BCUT2D eigenvalue weighted by molar-refractivity contribution is 9.10. The first-order valence-electron chi connectivity index (χ1n) is 6.15. The van der Waals surface area contributed by atoms with Gasteiger partial charge in [-0.2, -0.15) is 5.10 Å². The molecule has 0 N–H and O–H groups in total. The molecule has 2 rings (SSSR count). The molecule has 1 aromatic heterocycles. The van der Waals surface area contributed by atoms with E-state index in [0.29, 0.717) is 6.61 Å². The topological polar surface area (TPSA) is 36.3 Å². The minimum Gasteiger partial charge on any atom is -0.493 e. The van der Waals surface area contributed by atoms with Crippen LogP contribution in [-0.2, 0) is 13.2 Å². The van der Waals surface area contributed by atoms with Gasteiger partial charge >= 0.3 is 0 Å². The highest BCUT2D eigenvalue weighted by Gasteiger charge is 2.13. The second-order valence-corrected chi connectivity index (χ2v) is 4.89. The van der Waals surface area contributed by atoms with Crippen molar-refractivity contribution in [1.82, 2.24) is 9.78 Å². The number of benzene rings is 1. The summed E-state index contributed by atoms with van der Waals surface area (Å²) >= 11 is 3.56. The number of nitrogens with zero attached hydrogens (tertiary/aromatic N) is 2. The fourth-order valence-electron chi connectivity index (χ4n) is 1.89. The number of halogens is 1. The summed E-state index contributed by atoms with van der Waals surface area (Å²) in [5, 5.41) is 4.44. The lowest BCUT2D eigenvalue weighted by Gasteiger charge is -2.11. The molecule has 0 aliphatic carbocycles. The fourth-order valence-corrected chi connectivity index (χ4v) is 2.29. The molecule has 0 aliphatic rings. The zero-order chi connectivity index (χ0) is 13.8. The molecule has 0 spiro atoms. The molecular formula is C14H17BrN2O2. The molecule has 0 aliphatic heterocycles. The Kier molecular flexibility index (Phi) is 4.47. The maximum absolute atomic E-state index is 5.83. The summed E-state index contributed by atoms with van der Waals surface area (Å²) in [5.74, 6) is 1.47. The Labute approximate surface area is 121 Å². The third-order valence-corrected chi connectivity index (χ3v) is 3.92. The normalized spacial score (nSPS) is 10.5. The van der Waals surface area contributed by atoms with Crippen LogP contribution in [0.5, 0.6) is 11.5 Å². The van der Waals surface area contributed by atoms with Crippen LogP contribution in [0.25, 0.3) is 0 Å². The molecule has 4 nitrogen and oxygen atoms in total. The maximum atomic E-state index is 5.83. The molecule has 1 aromatic carbocycles. The second kappa shape index (κ2) is 6.10. The first kappa shape index (κ1) is 13.9. The Morgan fingerprint density at radius 1 is 1.26 bits per heavy atom. The average molecular weight is 325 g/mol. The van der Waals surface area contributed by atoms with Crippen LogP contribution in [0.15, 0.2) is 28.7 Å². The number of aryl methyl sites for hydroxylation is 2. The third-order valence-electron chi connectivity index (χ3n) is 2.89. The van der Waals surface area contributed by atoms with E-state index in [1.54, 1.807) is 7.11 Å². The molecule has 0 saturated carbocycles. The van der Waals surface area contributed by atoms with E-state index >= 15 is 0 Å². The molecule has 0 amide bonds. The highest BCUT2D eigenvalue weighted by Crippen LogP contribution is 2.28. The van der Waals surface area contributed by atoms with Gasteiger partial charge in [0, 0.05) is 6.54 Å². The van der Waals surface area contributed by atoms with E-state index in [2.05, 4.69) is 28.0 Å². The molecule has 0 bridgehead atoms. The summed E-state index contributed by atoms with van der Waals surface area (Å²) in [4.78, 5) is 0. The van der Waals surface area contributed by atoms with E-state index in [1.807, 2.05) is 35.9 Å². The summed E-state index contributed by atoms with van der Waals surface area (Å²) in [5.41, 5.74) is 2.01. The molecule has 5 heteroatoms. The molecule has 0 fully saturated rings. The van der Waals surface area contributed by atoms with Crippen LogP contribution in [0.4, 0.5) is 0 Å². The van der Waals surface area contributed by atoms with Crippen molar-refractivity contribution in [3.63, 3.8) is 0 Å². The van der Waals surface area contributed by atoms with Gasteiger partial charge in [0.2, 0.25) is 0 Å². The zero-order valence-corrected chi connectivity index (χ0v) is 12.9. The molecule has 1 heterocycles. The molecule has 0 radical (unpaired) electrons. The number of methoxy groups -OCH3 is 1. The number of ether oxygens (including phenoxy) is 2. The van der Waals surface area contributed by atoms with Gasteiger partial charge in [0.25, 0.3) is 0 Å². The Morgan fingerprint density at radius 3 is 2.58 bits per heavy atom. The van der Waals surface area contributed by atoms with Gasteiger partial charge in [0.05, 0.1) is 23.0 Å². The van der Waals surface area contributed by atoms with E-state index in [0.717, 1.165) is 33.9 Å². The van der Waals surface area contributed by atoms with E-state index < -0.39 is 0 Å². The fraction of sp³-hybridized carbons (Fsp3) is 0.357. The Hall–Kier alpha value is -1.49. The molecular weight excluding hydrogens is 308 g/mol. The first-order valence-corrected chi connectivity index (χ1v) is 6.94. The molecule has 0 atom stereocenters. The third kappa shape index (κ3) is 2.92. The van der Waals surface area contributed by atoms with Crippen molar-refractivity contribution in [3.8, 4) is 11.5 Å². The van der Waals surface area contributed by atoms with Gasteiger partial charge in [-0.05, 0) is 41.9 Å². The van der Waals surface area contributed by atoms with Crippen LogP contribution in [0.1, 0.15) is 18.3 Å². The SMILES string of the molecule is CCn1nc(C)c(Br)c1COc1ccccc1OC. The predicted octanol–water partition coefficient (Wildman–Crippen LogP) is 3.56. The van der Waals surface area contributed by atoms with Crippen molar-refractivity contribution in [2.45, 2.75) is 27.0 Å². The van der Waals surface area contributed by atoms with Crippen molar-refractivity contribution in [2.24, 2.45) is 0 Å². The smallest absolute Gasteiger partial charge is 0.161 e. The van der Waals surface area contributed by atoms with Gasteiger partial charge in [-0.1, -0.05) is 12.1 Å².